The summed E-state index contributed by atoms with van der Waals surface area (Å²) in [6, 6.07) is 9.48. The summed E-state index contributed by atoms with van der Waals surface area (Å²) in [5.74, 6) is -0.771. The molecule has 0 radical (unpaired) electrons. The predicted octanol–water partition coefficient (Wildman–Crippen LogP) is 2.61. The summed E-state index contributed by atoms with van der Waals surface area (Å²) in [5, 5.41) is 10.9. The number of nitrogens with zero attached hydrogens (tertiary/aromatic N) is 3. The number of thiazole rings is 1. The molecule has 164 valence electrons. The minimum absolute atomic E-state index is 0.176. The first-order chi connectivity index (χ1) is 15.3. The van der Waals surface area contributed by atoms with Crippen LogP contribution < -0.4 is 14.9 Å². The standard InChI is InChI=1S/C22H19N3O6S/c1-4-30-21(27)18-13(3)23-22-24(19(18)14-7-5-12(2)6-8-14)20(26)16(32-22)11-15-9-10-17(31-15)25(28)29/h5-11,19H,4H2,1-3H3/b16-11-/t19-/m1/s1. The molecular formula is C22H19N3O6S. The summed E-state index contributed by atoms with van der Waals surface area (Å²) >= 11 is 1.12. The normalized spacial score (nSPS) is 16.0. The molecule has 1 aliphatic heterocycles. The number of aryl methyl sites for hydroxylation is 1. The number of fused-ring (bicyclic) bond motifs is 1. The Balaban J connectivity index is 1.93. The Bertz CT molecular complexity index is 1430. The van der Waals surface area contributed by atoms with Crippen LogP contribution in [0.1, 0.15) is 36.8 Å². The van der Waals surface area contributed by atoms with Gasteiger partial charge >= 0.3 is 11.9 Å². The van der Waals surface area contributed by atoms with Crippen molar-refractivity contribution in [1.29, 1.82) is 0 Å². The fourth-order valence-corrected chi connectivity index (χ4v) is 4.53. The molecule has 0 unspecified atom stereocenters. The van der Waals surface area contributed by atoms with Gasteiger partial charge in [0.15, 0.2) is 4.80 Å². The quantitative estimate of drug-likeness (QED) is 0.333. The summed E-state index contributed by atoms with van der Waals surface area (Å²) in [7, 11) is 0. The fraction of sp³-hybridized carbons (Fsp3) is 0.227. The van der Waals surface area contributed by atoms with Crippen molar-refractivity contribution in [1.82, 2.24) is 4.57 Å². The average Bonchev–Trinajstić information content (AvgIpc) is 3.33. The lowest BCUT2D eigenvalue weighted by Crippen LogP contribution is -2.39. The molecule has 1 aromatic carbocycles. The van der Waals surface area contributed by atoms with Gasteiger partial charge in [0.1, 0.15) is 10.7 Å². The summed E-state index contributed by atoms with van der Waals surface area (Å²) in [4.78, 5) is 41.3. The van der Waals surface area contributed by atoms with Gasteiger partial charge in [0, 0.05) is 6.08 Å². The molecule has 4 rings (SSSR count). The number of benzene rings is 1. The molecule has 0 N–H and O–H groups in total. The van der Waals surface area contributed by atoms with Crippen molar-refractivity contribution >= 4 is 29.3 Å². The van der Waals surface area contributed by atoms with Crippen LogP contribution in [0.25, 0.3) is 6.08 Å². The van der Waals surface area contributed by atoms with Crippen LogP contribution in [0.15, 0.2) is 61.9 Å². The second-order valence-corrected chi connectivity index (χ2v) is 8.16. The average molecular weight is 453 g/mol. The lowest BCUT2D eigenvalue weighted by Gasteiger charge is -2.24. The van der Waals surface area contributed by atoms with Crippen molar-refractivity contribution < 1.29 is 18.9 Å². The van der Waals surface area contributed by atoms with Crippen LogP contribution in [-0.2, 0) is 9.53 Å². The van der Waals surface area contributed by atoms with E-state index in [9.17, 15) is 19.7 Å². The van der Waals surface area contributed by atoms with Crippen LogP contribution >= 0.6 is 11.3 Å². The molecule has 10 heteroatoms. The maximum atomic E-state index is 13.4. The maximum absolute atomic E-state index is 13.4. The second-order valence-electron chi connectivity index (χ2n) is 7.15. The number of carbonyl (C=O) groups is 1. The summed E-state index contributed by atoms with van der Waals surface area (Å²) in [6.45, 7) is 5.57. The lowest BCUT2D eigenvalue weighted by molar-refractivity contribution is -0.402. The molecule has 9 nitrogen and oxygen atoms in total. The first-order valence-corrected chi connectivity index (χ1v) is 10.6. The van der Waals surface area contributed by atoms with Crippen LogP contribution in [0.2, 0.25) is 0 Å². The van der Waals surface area contributed by atoms with E-state index < -0.39 is 22.8 Å². The maximum Gasteiger partial charge on any atom is 0.433 e. The number of allylic oxidation sites excluding steroid dienone is 1. The largest absolute Gasteiger partial charge is 0.463 e. The molecule has 0 aliphatic carbocycles. The molecular weight excluding hydrogens is 434 g/mol. The minimum Gasteiger partial charge on any atom is -0.463 e. The van der Waals surface area contributed by atoms with Crippen molar-refractivity contribution in [3.05, 3.63) is 94.4 Å². The van der Waals surface area contributed by atoms with Gasteiger partial charge in [-0.15, -0.1) is 0 Å². The van der Waals surface area contributed by atoms with E-state index in [4.69, 9.17) is 9.15 Å². The van der Waals surface area contributed by atoms with E-state index in [0.29, 0.717) is 16.1 Å². The smallest absolute Gasteiger partial charge is 0.433 e. The third kappa shape index (κ3) is 3.80. The third-order valence-corrected chi connectivity index (χ3v) is 5.96. The first-order valence-electron chi connectivity index (χ1n) is 9.80. The van der Waals surface area contributed by atoms with E-state index in [2.05, 4.69) is 4.99 Å². The molecule has 0 amide bonds. The molecule has 3 aromatic rings. The third-order valence-electron chi connectivity index (χ3n) is 4.98. The molecule has 1 aliphatic rings. The van der Waals surface area contributed by atoms with Gasteiger partial charge in [0.2, 0.25) is 0 Å². The zero-order chi connectivity index (χ0) is 23.0. The van der Waals surface area contributed by atoms with Crippen LogP contribution in [0, 0.1) is 17.0 Å². The Morgan fingerprint density at radius 2 is 2.00 bits per heavy atom. The van der Waals surface area contributed by atoms with Gasteiger partial charge in [-0.25, -0.2) is 9.79 Å². The highest BCUT2D eigenvalue weighted by atomic mass is 32.1. The number of aromatic nitrogens is 1. The highest BCUT2D eigenvalue weighted by Gasteiger charge is 2.33. The SMILES string of the molecule is CCOC(=O)C1=C(C)N=c2s/c(=C\c3ccc([N+](=O)[O-])o3)c(=O)n2[C@@H]1c1ccc(C)cc1. The van der Waals surface area contributed by atoms with Gasteiger partial charge < -0.3 is 9.15 Å². The highest BCUT2D eigenvalue weighted by molar-refractivity contribution is 7.07. The Labute approximate surface area is 185 Å². The van der Waals surface area contributed by atoms with E-state index >= 15 is 0 Å². The van der Waals surface area contributed by atoms with E-state index in [1.54, 1.807) is 13.8 Å². The summed E-state index contributed by atoms with van der Waals surface area (Å²) in [5.41, 5.74) is 2.17. The number of nitro groups is 1. The molecule has 32 heavy (non-hydrogen) atoms. The number of hydrogen-bond acceptors (Lipinski definition) is 8. The number of carbonyl (C=O) groups excluding carboxylic acids is 1. The number of rotatable bonds is 5. The Morgan fingerprint density at radius 3 is 2.62 bits per heavy atom. The van der Waals surface area contributed by atoms with Crippen molar-refractivity contribution in [2.75, 3.05) is 6.61 Å². The van der Waals surface area contributed by atoms with Crippen LogP contribution in [-0.4, -0.2) is 22.1 Å². The topological polar surface area (TPSA) is 117 Å². The van der Waals surface area contributed by atoms with Gasteiger partial charge in [-0.3, -0.25) is 19.5 Å². The molecule has 0 spiro atoms. The van der Waals surface area contributed by atoms with Gasteiger partial charge in [-0.1, -0.05) is 41.2 Å². The van der Waals surface area contributed by atoms with E-state index in [0.717, 1.165) is 22.5 Å². The first kappa shape index (κ1) is 21.4. The molecule has 0 fully saturated rings. The zero-order valence-corrected chi connectivity index (χ0v) is 18.3. The monoisotopic (exact) mass is 453 g/mol. The van der Waals surface area contributed by atoms with Gasteiger partial charge in [-0.2, -0.15) is 0 Å². The molecule has 0 saturated heterocycles. The fourth-order valence-electron chi connectivity index (χ4n) is 3.50. The van der Waals surface area contributed by atoms with E-state index in [1.807, 2.05) is 31.2 Å². The van der Waals surface area contributed by atoms with E-state index in [1.165, 1.54) is 22.8 Å². The molecule has 3 heterocycles. The van der Waals surface area contributed by atoms with Gasteiger partial charge in [0.25, 0.3) is 5.56 Å². The number of esters is 1. The van der Waals surface area contributed by atoms with Crippen molar-refractivity contribution in [2.45, 2.75) is 26.8 Å². The van der Waals surface area contributed by atoms with Gasteiger partial charge in [-0.05, 0) is 32.4 Å². The molecule has 1 atom stereocenters. The lowest BCUT2D eigenvalue weighted by atomic mass is 9.95. The van der Waals surface area contributed by atoms with Crippen molar-refractivity contribution in [3.8, 4) is 0 Å². The number of hydrogen-bond donors (Lipinski definition) is 0. The Hall–Kier alpha value is -3.79. The summed E-state index contributed by atoms with van der Waals surface area (Å²) < 4.78 is 12.2. The summed E-state index contributed by atoms with van der Waals surface area (Å²) in [6.07, 6.45) is 1.44. The van der Waals surface area contributed by atoms with Crippen LogP contribution in [0.4, 0.5) is 5.88 Å². The predicted molar refractivity (Wildman–Crippen MR) is 117 cm³/mol. The van der Waals surface area contributed by atoms with Gasteiger partial charge in [0.05, 0.1) is 34.5 Å². The van der Waals surface area contributed by atoms with E-state index in [-0.39, 0.29) is 22.5 Å². The Morgan fingerprint density at radius 1 is 1.28 bits per heavy atom. The van der Waals surface area contributed by atoms with Crippen molar-refractivity contribution in [3.63, 3.8) is 0 Å². The molecule has 0 saturated carbocycles. The minimum atomic E-state index is -0.709. The number of ether oxygens (including phenoxy) is 1. The number of furan rings is 1. The van der Waals surface area contributed by atoms with Crippen LogP contribution in [0.3, 0.4) is 0 Å². The van der Waals surface area contributed by atoms with Crippen LogP contribution in [0.5, 0.6) is 0 Å². The molecule has 0 bridgehead atoms. The molecule has 2 aromatic heterocycles. The zero-order valence-electron chi connectivity index (χ0n) is 17.5. The second kappa shape index (κ2) is 8.39. The highest BCUT2D eigenvalue weighted by Crippen LogP contribution is 2.30. The Kier molecular flexibility index (Phi) is 5.62. The van der Waals surface area contributed by atoms with Crippen molar-refractivity contribution in [2.24, 2.45) is 4.99 Å².